The van der Waals surface area contributed by atoms with Gasteiger partial charge in [0.1, 0.15) is 5.75 Å². The van der Waals surface area contributed by atoms with Gasteiger partial charge in [0, 0.05) is 5.69 Å². The Morgan fingerprint density at radius 3 is 2.77 bits per heavy atom. The van der Waals surface area contributed by atoms with Crippen LogP contribution < -0.4 is 10.1 Å². The maximum Gasteiger partial charge on any atom is 0.277 e. The van der Waals surface area contributed by atoms with E-state index in [0.717, 1.165) is 35.4 Å². The molecule has 7 heteroatoms. The van der Waals surface area contributed by atoms with Crippen molar-refractivity contribution < 1.29 is 13.9 Å². The molecule has 0 saturated carbocycles. The van der Waals surface area contributed by atoms with Gasteiger partial charge in [0.05, 0.1) is 5.75 Å². The summed E-state index contributed by atoms with van der Waals surface area (Å²) in [7, 11) is 0. The van der Waals surface area contributed by atoms with Crippen LogP contribution in [0.3, 0.4) is 0 Å². The molecule has 1 aliphatic rings. The molecule has 0 spiro atoms. The van der Waals surface area contributed by atoms with Gasteiger partial charge in [-0.1, -0.05) is 35.5 Å². The minimum Gasteiger partial charge on any atom is -0.484 e. The lowest BCUT2D eigenvalue weighted by Crippen LogP contribution is -2.14. The molecule has 0 saturated heterocycles. The molecule has 0 bridgehead atoms. The van der Waals surface area contributed by atoms with Crippen LogP contribution in [0.2, 0.25) is 0 Å². The standard InChI is InChI=1S/C23H25N3O3S/c1-15-7-10-20(16(2)11-15)24-21(27)14-30-23-26-25-22(29-23)13-28-19-9-8-17-5-3-4-6-18(17)12-19/h7-12H,3-6,13-14H2,1-2H3,(H,24,27). The highest BCUT2D eigenvalue weighted by Gasteiger charge is 2.13. The number of ether oxygens (including phenoxy) is 1. The molecule has 0 aliphatic heterocycles. The van der Waals surface area contributed by atoms with Crippen molar-refractivity contribution in [3.05, 3.63) is 64.5 Å². The van der Waals surface area contributed by atoms with Gasteiger partial charge >= 0.3 is 0 Å². The number of nitrogens with zero attached hydrogens (tertiary/aromatic N) is 2. The van der Waals surface area contributed by atoms with E-state index in [4.69, 9.17) is 9.15 Å². The van der Waals surface area contributed by atoms with Crippen LogP contribution >= 0.6 is 11.8 Å². The summed E-state index contributed by atoms with van der Waals surface area (Å²) in [5.74, 6) is 1.29. The zero-order chi connectivity index (χ0) is 20.9. The first kappa shape index (κ1) is 20.5. The Hall–Kier alpha value is -2.80. The smallest absolute Gasteiger partial charge is 0.277 e. The summed E-state index contributed by atoms with van der Waals surface area (Å²) < 4.78 is 11.4. The first-order valence-corrected chi connectivity index (χ1v) is 11.1. The maximum absolute atomic E-state index is 12.2. The Bertz CT molecular complexity index is 1050. The van der Waals surface area contributed by atoms with Gasteiger partial charge in [0.25, 0.3) is 11.1 Å². The first-order valence-electron chi connectivity index (χ1n) is 10.1. The third-order valence-electron chi connectivity index (χ3n) is 5.11. The van der Waals surface area contributed by atoms with Crippen molar-refractivity contribution in [3.8, 4) is 5.75 Å². The number of hydrogen-bond donors (Lipinski definition) is 1. The molecule has 0 unspecified atom stereocenters. The van der Waals surface area contributed by atoms with Gasteiger partial charge < -0.3 is 14.5 Å². The molecule has 2 aromatic carbocycles. The van der Waals surface area contributed by atoms with Crippen LogP contribution in [0.1, 0.15) is 41.0 Å². The summed E-state index contributed by atoms with van der Waals surface area (Å²) in [5.41, 5.74) is 5.80. The number of anilines is 1. The third kappa shape index (κ3) is 5.21. The van der Waals surface area contributed by atoms with Gasteiger partial charge in [-0.05, 0) is 74.4 Å². The van der Waals surface area contributed by atoms with E-state index in [9.17, 15) is 4.79 Å². The zero-order valence-corrected chi connectivity index (χ0v) is 18.1. The highest BCUT2D eigenvalue weighted by molar-refractivity contribution is 7.99. The highest BCUT2D eigenvalue weighted by Crippen LogP contribution is 2.26. The zero-order valence-electron chi connectivity index (χ0n) is 17.2. The summed E-state index contributed by atoms with van der Waals surface area (Å²) in [5, 5.41) is 11.3. The number of hydrogen-bond acceptors (Lipinski definition) is 6. The average Bonchev–Trinajstić information content (AvgIpc) is 3.20. The molecule has 1 aliphatic carbocycles. The molecule has 0 radical (unpaired) electrons. The number of carbonyl (C=O) groups is 1. The fraction of sp³-hybridized carbons (Fsp3) is 0.348. The van der Waals surface area contributed by atoms with Gasteiger partial charge in [-0.2, -0.15) is 0 Å². The fourth-order valence-electron chi connectivity index (χ4n) is 3.57. The van der Waals surface area contributed by atoms with E-state index < -0.39 is 0 Å². The Morgan fingerprint density at radius 2 is 1.93 bits per heavy atom. The molecule has 0 atom stereocenters. The van der Waals surface area contributed by atoms with Crippen LogP contribution in [0.25, 0.3) is 0 Å². The molecule has 1 N–H and O–H groups in total. The lowest BCUT2D eigenvalue weighted by Gasteiger charge is -2.16. The van der Waals surface area contributed by atoms with Crippen LogP contribution in [0.4, 0.5) is 5.69 Å². The van der Waals surface area contributed by atoms with Crippen LogP contribution in [0, 0.1) is 13.8 Å². The summed E-state index contributed by atoms with van der Waals surface area (Å²) >= 11 is 1.21. The quantitative estimate of drug-likeness (QED) is 0.546. The van der Waals surface area contributed by atoms with E-state index in [-0.39, 0.29) is 18.3 Å². The van der Waals surface area contributed by atoms with Crippen LogP contribution in [0.15, 0.2) is 46.0 Å². The minimum atomic E-state index is -0.114. The molecule has 30 heavy (non-hydrogen) atoms. The normalized spacial score (nSPS) is 13.0. The van der Waals surface area contributed by atoms with E-state index in [1.165, 1.54) is 35.7 Å². The van der Waals surface area contributed by atoms with E-state index in [2.05, 4.69) is 27.6 Å². The number of aryl methyl sites for hydroxylation is 4. The summed E-state index contributed by atoms with van der Waals surface area (Å²) in [6, 6.07) is 12.2. The van der Waals surface area contributed by atoms with Crippen molar-refractivity contribution in [2.24, 2.45) is 0 Å². The van der Waals surface area contributed by atoms with Gasteiger partial charge in [-0.3, -0.25) is 4.79 Å². The lowest BCUT2D eigenvalue weighted by atomic mass is 9.92. The molecule has 6 nitrogen and oxygen atoms in total. The molecular weight excluding hydrogens is 398 g/mol. The molecule has 1 aromatic heterocycles. The van der Waals surface area contributed by atoms with Crippen LogP contribution in [0.5, 0.6) is 5.75 Å². The van der Waals surface area contributed by atoms with E-state index in [1.807, 2.05) is 38.1 Å². The molecule has 4 rings (SSSR count). The second kappa shape index (κ2) is 9.34. The Morgan fingerprint density at radius 1 is 1.10 bits per heavy atom. The van der Waals surface area contributed by atoms with Gasteiger partial charge in [-0.15, -0.1) is 10.2 Å². The number of benzene rings is 2. The Labute approximate surface area is 180 Å². The minimum absolute atomic E-state index is 0.114. The first-order chi connectivity index (χ1) is 14.6. The van der Waals surface area contributed by atoms with Crippen LogP contribution in [-0.4, -0.2) is 21.9 Å². The molecule has 156 valence electrons. The van der Waals surface area contributed by atoms with Gasteiger partial charge in [-0.25, -0.2) is 0 Å². The third-order valence-corrected chi connectivity index (χ3v) is 5.93. The second-order valence-electron chi connectivity index (χ2n) is 7.54. The number of fused-ring (bicyclic) bond motifs is 1. The SMILES string of the molecule is Cc1ccc(NC(=O)CSc2nnc(COc3ccc4c(c3)CCCC4)o2)c(C)c1. The predicted molar refractivity (Wildman–Crippen MR) is 117 cm³/mol. The van der Waals surface area contributed by atoms with Crippen molar-refractivity contribution in [2.75, 3.05) is 11.1 Å². The number of aromatic nitrogens is 2. The fourth-order valence-corrected chi connectivity index (χ4v) is 4.15. The van der Waals surface area contributed by atoms with E-state index >= 15 is 0 Å². The van der Waals surface area contributed by atoms with Crippen molar-refractivity contribution in [2.45, 2.75) is 51.4 Å². The van der Waals surface area contributed by atoms with Crippen molar-refractivity contribution in [1.82, 2.24) is 10.2 Å². The van der Waals surface area contributed by atoms with Crippen molar-refractivity contribution in [1.29, 1.82) is 0 Å². The summed E-state index contributed by atoms with van der Waals surface area (Å²) in [6.07, 6.45) is 4.75. The van der Waals surface area contributed by atoms with Crippen LogP contribution in [-0.2, 0) is 24.2 Å². The van der Waals surface area contributed by atoms with E-state index in [0.29, 0.717) is 11.1 Å². The summed E-state index contributed by atoms with van der Waals surface area (Å²) in [6.45, 7) is 4.21. The number of thioether (sulfide) groups is 1. The van der Waals surface area contributed by atoms with Gasteiger partial charge in [0.2, 0.25) is 5.91 Å². The van der Waals surface area contributed by atoms with Crippen molar-refractivity contribution in [3.63, 3.8) is 0 Å². The molecule has 1 heterocycles. The molecule has 0 fully saturated rings. The number of carbonyl (C=O) groups excluding carboxylic acids is 1. The van der Waals surface area contributed by atoms with Crippen molar-refractivity contribution >= 4 is 23.4 Å². The highest BCUT2D eigenvalue weighted by atomic mass is 32.2. The number of amides is 1. The van der Waals surface area contributed by atoms with E-state index in [1.54, 1.807) is 0 Å². The average molecular weight is 424 g/mol. The monoisotopic (exact) mass is 423 g/mol. The Kier molecular flexibility index (Phi) is 6.38. The predicted octanol–water partition coefficient (Wildman–Crippen LogP) is 4.88. The molecule has 1 amide bonds. The molecular formula is C23H25N3O3S. The maximum atomic E-state index is 12.2. The second-order valence-corrected chi connectivity index (χ2v) is 8.47. The number of nitrogens with one attached hydrogen (secondary N) is 1. The van der Waals surface area contributed by atoms with Gasteiger partial charge in [0.15, 0.2) is 6.61 Å². The largest absolute Gasteiger partial charge is 0.484 e. The summed E-state index contributed by atoms with van der Waals surface area (Å²) in [4.78, 5) is 12.2. The lowest BCUT2D eigenvalue weighted by molar-refractivity contribution is -0.113. The topological polar surface area (TPSA) is 77.2 Å². The Balaban J connectivity index is 1.26. The number of rotatable bonds is 7. The molecule has 3 aromatic rings.